The van der Waals surface area contributed by atoms with Gasteiger partial charge in [-0.3, -0.25) is 4.79 Å². The van der Waals surface area contributed by atoms with E-state index in [0.29, 0.717) is 26.0 Å². The summed E-state index contributed by atoms with van der Waals surface area (Å²) in [5.41, 5.74) is 3.21. The molecule has 0 bridgehead atoms. The van der Waals surface area contributed by atoms with E-state index in [1.165, 1.54) is 23.1 Å². The highest BCUT2D eigenvalue weighted by Gasteiger charge is 2.18. The zero-order valence-corrected chi connectivity index (χ0v) is 17.9. The predicted molar refractivity (Wildman–Crippen MR) is 113 cm³/mol. The first kappa shape index (κ1) is 20.1. The first-order chi connectivity index (χ1) is 12.8. The van der Waals surface area contributed by atoms with E-state index in [0.717, 1.165) is 17.0 Å². The summed E-state index contributed by atoms with van der Waals surface area (Å²) in [6, 6.07) is 7.12. The van der Waals surface area contributed by atoms with Crippen LogP contribution in [0.4, 0.5) is 5.13 Å². The number of halogens is 2. The molecule has 3 aromatic rings. The normalized spacial score (nSPS) is 12.0. The molecule has 0 aliphatic carbocycles. The molecule has 0 aliphatic heterocycles. The topological polar surface area (TPSA) is 67.8 Å². The summed E-state index contributed by atoms with van der Waals surface area (Å²) >= 11 is 14.8. The van der Waals surface area contributed by atoms with Gasteiger partial charge in [0.15, 0.2) is 10.3 Å². The zero-order chi connectivity index (χ0) is 19.6. The SMILES string of the molecule is Cc1cc(C)nc(SC(C)C(=O)Nc2nc(-c3ccc(Cl)cc3Cl)cs2)n1. The fraction of sp³-hybridized carbons (Fsp3) is 0.222. The monoisotopic (exact) mass is 438 g/mol. The van der Waals surface area contributed by atoms with Gasteiger partial charge in [-0.1, -0.05) is 35.0 Å². The molecular weight excluding hydrogens is 423 g/mol. The Kier molecular flexibility index (Phi) is 6.37. The quantitative estimate of drug-likeness (QED) is 0.412. The van der Waals surface area contributed by atoms with Crippen molar-refractivity contribution in [2.24, 2.45) is 0 Å². The van der Waals surface area contributed by atoms with E-state index in [-0.39, 0.29) is 11.2 Å². The van der Waals surface area contributed by atoms with Crippen molar-refractivity contribution in [3.05, 3.63) is 51.1 Å². The third-order valence-electron chi connectivity index (χ3n) is 3.55. The second-order valence-electron chi connectivity index (χ2n) is 5.84. The van der Waals surface area contributed by atoms with Crippen LogP contribution in [-0.4, -0.2) is 26.1 Å². The Morgan fingerprint density at radius 2 is 1.85 bits per heavy atom. The fourth-order valence-corrected chi connectivity index (χ4v) is 4.41. The minimum absolute atomic E-state index is 0.161. The van der Waals surface area contributed by atoms with Gasteiger partial charge in [-0.15, -0.1) is 11.3 Å². The lowest BCUT2D eigenvalue weighted by molar-refractivity contribution is -0.115. The molecule has 0 saturated heterocycles. The standard InChI is InChI=1S/C18H16Cl2N4OS2/c1-9-6-10(2)22-18(21-9)27-11(3)16(25)24-17-23-15(8-26-17)13-5-4-12(19)7-14(13)20/h4-8,11H,1-3H3,(H,23,24,25). The molecule has 5 nitrogen and oxygen atoms in total. The summed E-state index contributed by atoms with van der Waals surface area (Å²) in [7, 11) is 0. The summed E-state index contributed by atoms with van der Waals surface area (Å²) in [6.45, 7) is 5.62. The molecule has 0 spiro atoms. The minimum Gasteiger partial charge on any atom is -0.301 e. The molecule has 0 fully saturated rings. The average Bonchev–Trinajstić information content (AvgIpc) is 3.01. The number of nitrogens with one attached hydrogen (secondary N) is 1. The van der Waals surface area contributed by atoms with Gasteiger partial charge in [0.1, 0.15) is 0 Å². The van der Waals surface area contributed by atoms with E-state index in [1.54, 1.807) is 18.2 Å². The van der Waals surface area contributed by atoms with Crippen LogP contribution in [-0.2, 0) is 4.79 Å². The Morgan fingerprint density at radius 1 is 1.15 bits per heavy atom. The smallest absolute Gasteiger partial charge is 0.239 e. The number of amides is 1. The second kappa shape index (κ2) is 8.56. The Bertz CT molecular complexity index is 973. The van der Waals surface area contributed by atoms with Gasteiger partial charge < -0.3 is 5.32 Å². The Labute approximate surface area is 175 Å². The van der Waals surface area contributed by atoms with Gasteiger partial charge in [-0.05, 0) is 45.0 Å². The van der Waals surface area contributed by atoms with Gasteiger partial charge in [0, 0.05) is 27.4 Å². The van der Waals surface area contributed by atoms with Crippen LogP contribution in [0.3, 0.4) is 0 Å². The number of benzene rings is 1. The third kappa shape index (κ3) is 5.19. The van der Waals surface area contributed by atoms with E-state index in [9.17, 15) is 4.79 Å². The van der Waals surface area contributed by atoms with Crippen molar-refractivity contribution in [3.8, 4) is 11.3 Å². The number of hydrogen-bond donors (Lipinski definition) is 1. The van der Waals surface area contributed by atoms with Gasteiger partial charge in [0.05, 0.1) is 16.0 Å². The van der Waals surface area contributed by atoms with Gasteiger partial charge in [0.25, 0.3) is 0 Å². The number of hydrogen-bond acceptors (Lipinski definition) is 6. The largest absolute Gasteiger partial charge is 0.301 e. The van der Waals surface area contributed by atoms with Gasteiger partial charge in [-0.2, -0.15) is 0 Å². The number of thiazole rings is 1. The van der Waals surface area contributed by atoms with Crippen molar-refractivity contribution in [3.63, 3.8) is 0 Å². The fourth-order valence-electron chi connectivity index (χ4n) is 2.32. The maximum Gasteiger partial charge on any atom is 0.239 e. The van der Waals surface area contributed by atoms with Crippen molar-refractivity contribution < 1.29 is 4.79 Å². The Morgan fingerprint density at radius 3 is 2.52 bits per heavy atom. The van der Waals surface area contributed by atoms with Crippen LogP contribution in [0.5, 0.6) is 0 Å². The van der Waals surface area contributed by atoms with E-state index in [2.05, 4.69) is 20.3 Å². The van der Waals surface area contributed by atoms with Crippen molar-refractivity contribution in [1.82, 2.24) is 15.0 Å². The molecule has 1 N–H and O–H groups in total. The van der Waals surface area contributed by atoms with Crippen molar-refractivity contribution >= 4 is 57.3 Å². The van der Waals surface area contributed by atoms with E-state index >= 15 is 0 Å². The lowest BCUT2D eigenvalue weighted by Gasteiger charge is -2.10. The number of carbonyl (C=O) groups excluding carboxylic acids is 1. The van der Waals surface area contributed by atoms with Gasteiger partial charge in [0.2, 0.25) is 5.91 Å². The molecular formula is C18H16Cl2N4OS2. The van der Waals surface area contributed by atoms with E-state index in [4.69, 9.17) is 23.2 Å². The van der Waals surface area contributed by atoms with Gasteiger partial charge in [-0.25, -0.2) is 15.0 Å². The molecule has 0 aliphatic rings. The van der Waals surface area contributed by atoms with Crippen molar-refractivity contribution in [2.75, 3.05) is 5.32 Å². The number of carbonyl (C=O) groups is 1. The summed E-state index contributed by atoms with van der Waals surface area (Å²) in [5.74, 6) is -0.161. The zero-order valence-electron chi connectivity index (χ0n) is 14.8. The lowest BCUT2D eigenvalue weighted by Crippen LogP contribution is -2.22. The lowest BCUT2D eigenvalue weighted by atomic mass is 10.2. The van der Waals surface area contributed by atoms with E-state index in [1.807, 2.05) is 32.2 Å². The molecule has 3 rings (SSSR count). The molecule has 9 heteroatoms. The van der Waals surface area contributed by atoms with E-state index < -0.39 is 0 Å². The van der Waals surface area contributed by atoms with Crippen LogP contribution in [0.25, 0.3) is 11.3 Å². The number of anilines is 1. The summed E-state index contributed by atoms with van der Waals surface area (Å²) in [6.07, 6.45) is 0. The van der Waals surface area contributed by atoms with Crippen LogP contribution in [0.2, 0.25) is 10.0 Å². The molecule has 2 aromatic heterocycles. The highest BCUT2D eigenvalue weighted by atomic mass is 35.5. The minimum atomic E-state index is -0.363. The number of aromatic nitrogens is 3. The summed E-state index contributed by atoms with van der Waals surface area (Å²) in [5, 5.41) is 6.49. The summed E-state index contributed by atoms with van der Waals surface area (Å²) < 4.78 is 0. The Balaban J connectivity index is 1.68. The second-order valence-corrected chi connectivity index (χ2v) is 8.85. The molecule has 1 aromatic carbocycles. The molecule has 27 heavy (non-hydrogen) atoms. The number of nitrogens with zero attached hydrogens (tertiary/aromatic N) is 3. The van der Waals surface area contributed by atoms with Gasteiger partial charge >= 0.3 is 0 Å². The first-order valence-electron chi connectivity index (χ1n) is 8.02. The predicted octanol–water partition coefficient (Wildman–Crippen LogP) is 5.64. The first-order valence-corrected chi connectivity index (χ1v) is 10.5. The molecule has 1 atom stereocenters. The maximum absolute atomic E-state index is 12.5. The molecule has 0 radical (unpaired) electrons. The molecule has 2 heterocycles. The van der Waals surface area contributed by atoms with Crippen LogP contribution in [0.1, 0.15) is 18.3 Å². The highest BCUT2D eigenvalue weighted by molar-refractivity contribution is 8.00. The number of thioether (sulfide) groups is 1. The van der Waals surface area contributed by atoms with Crippen molar-refractivity contribution in [1.29, 1.82) is 0 Å². The maximum atomic E-state index is 12.5. The molecule has 1 amide bonds. The van der Waals surface area contributed by atoms with Crippen LogP contribution >= 0.6 is 46.3 Å². The average molecular weight is 439 g/mol. The Hall–Kier alpha value is -1.67. The highest BCUT2D eigenvalue weighted by Crippen LogP contribution is 2.32. The van der Waals surface area contributed by atoms with Crippen LogP contribution in [0.15, 0.2) is 34.8 Å². The third-order valence-corrected chi connectivity index (χ3v) is 5.82. The molecule has 1 unspecified atom stereocenters. The summed E-state index contributed by atoms with van der Waals surface area (Å²) in [4.78, 5) is 25.6. The number of aryl methyl sites for hydroxylation is 2. The molecule has 0 saturated carbocycles. The number of rotatable bonds is 5. The van der Waals surface area contributed by atoms with Crippen LogP contribution < -0.4 is 5.32 Å². The molecule has 140 valence electrons. The van der Waals surface area contributed by atoms with Crippen molar-refractivity contribution in [2.45, 2.75) is 31.2 Å². The van der Waals surface area contributed by atoms with Crippen LogP contribution in [0, 0.1) is 13.8 Å².